The summed E-state index contributed by atoms with van der Waals surface area (Å²) in [7, 11) is 0. The third kappa shape index (κ3) is 5.59. The van der Waals surface area contributed by atoms with Crippen LogP contribution in [0.2, 0.25) is 0 Å². The Hall–Kier alpha value is -4.57. The van der Waals surface area contributed by atoms with Crippen molar-refractivity contribution in [1.82, 2.24) is 4.90 Å². The van der Waals surface area contributed by atoms with Crippen LogP contribution >= 0.6 is 11.8 Å². The summed E-state index contributed by atoms with van der Waals surface area (Å²) in [6.45, 7) is 3.92. The summed E-state index contributed by atoms with van der Waals surface area (Å²) < 4.78 is 24.8. The Morgan fingerprint density at radius 3 is 2.12 bits per heavy atom. The standard InChI is InChI=1S/C40H36FNO6S/c1-38(2)35(40(46,29-16-10-5-11-17-29)48-25-26-12-6-3-7-13-26)42-36(45)39(37(42)49-38)23-22-31(32(39)33(43)28-14-8-4-9-15-28)34(44)47-24-27-18-20-30(41)21-19-27/h3-22,32,35,37,46H,23-25H2,1-2H3/t32?,35-,37-,39?,40?/m1/s1. The molecule has 2 fully saturated rings. The lowest BCUT2D eigenvalue weighted by Gasteiger charge is -2.56. The largest absolute Gasteiger partial charge is 0.457 e. The van der Waals surface area contributed by atoms with Crippen LogP contribution in [0.1, 0.15) is 47.3 Å². The fourth-order valence-electron chi connectivity index (χ4n) is 7.57. The van der Waals surface area contributed by atoms with Gasteiger partial charge in [0.05, 0.1) is 23.3 Å². The van der Waals surface area contributed by atoms with E-state index in [1.807, 2.05) is 62.4 Å². The smallest absolute Gasteiger partial charge is 0.334 e. The van der Waals surface area contributed by atoms with Crippen LogP contribution < -0.4 is 0 Å². The molecule has 7 nitrogen and oxygen atoms in total. The average molecular weight is 678 g/mol. The highest BCUT2D eigenvalue weighted by Gasteiger charge is 2.77. The van der Waals surface area contributed by atoms with Crippen molar-refractivity contribution < 1.29 is 33.4 Å². The van der Waals surface area contributed by atoms with Gasteiger partial charge in [0.2, 0.25) is 11.7 Å². The Morgan fingerprint density at radius 1 is 0.878 bits per heavy atom. The van der Waals surface area contributed by atoms with Crippen LogP contribution in [0.5, 0.6) is 0 Å². The molecule has 4 aromatic carbocycles. The molecule has 0 radical (unpaired) electrons. The molecule has 2 saturated heterocycles. The molecule has 0 saturated carbocycles. The minimum absolute atomic E-state index is 0.0992. The van der Waals surface area contributed by atoms with Crippen molar-refractivity contribution in [3.8, 4) is 0 Å². The number of carbonyl (C=O) groups excluding carboxylic acids is 3. The van der Waals surface area contributed by atoms with Crippen molar-refractivity contribution in [2.75, 3.05) is 0 Å². The lowest BCUT2D eigenvalue weighted by Crippen LogP contribution is -2.73. The van der Waals surface area contributed by atoms with E-state index in [4.69, 9.17) is 9.47 Å². The van der Waals surface area contributed by atoms with Gasteiger partial charge in [-0.1, -0.05) is 109 Å². The Labute approximate surface area is 288 Å². The van der Waals surface area contributed by atoms with E-state index in [0.29, 0.717) is 16.7 Å². The molecule has 1 aliphatic carbocycles. The Kier molecular flexibility index (Phi) is 8.55. The van der Waals surface area contributed by atoms with E-state index in [9.17, 15) is 23.9 Å². The molecule has 49 heavy (non-hydrogen) atoms. The zero-order valence-corrected chi connectivity index (χ0v) is 27.9. The van der Waals surface area contributed by atoms with Gasteiger partial charge in [0.1, 0.15) is 18.5 Å². The number of rotatable bonds is 10. The number of hydrogen-bond acceptors (Lipinski definition) is 7. The second-order valence-electron chi connectivity index (χ2n) is 13.3. The molecule has 4 aromatic rings. The summed E-state index contributed by atoms with van der Waals surface area (Å²) in [6.07, 6.45) is 1.81. The molecule has 1 spiro atoms. The van der Waals surface area contributed by atoms with E-state index in [2.05, 4.69) is 0 Å². The number of allylic oxidation sites excluding steroid dienone is 1. The molecule has 1 N–H and O–H groups in total. The number of β-lactam (4-membered cyclic amide) rings is 1. The normalized spacial score (nSPS) is 24.9. The number of carbonyl (C=O) groups is 3. The predicted octanol–water partition coefficient (Wildman–Crippen LogP) is 6.81. The fraction of sp³-hybridized carbons (Fsp3) is 0.275. The third-order valence-electron chi connectivity index (χ3n) is 9.86. The van der Waals surface area contributed by atoms with Gasteiger partial charge in [-0.25, -0.2) is 9.18 Å². The van der Waals surface area contributed by atoms with Gasteiger partial charge >= 0.3 is 5.97 Å². The predicted molar refractivity (Wildman–Crippen MR) is 183 cm³/mol. The summed E-state index contributed by atoms with van der Waals surface area (Å²) in [4.78, 5) is 44.6. The number of hydrogen-bond donors (Lipinski definition) is 1. The highest BCUT2D eigenvalue weighted by molar-refractivity contribution is 8.01. The number of esters is 1. The van der Waals surface area contributed by atoms with Crippen LogP contribution in [0.3, 0.4) is 0 Å². The first-order valence-electron chi connectivity index (χ1n) is 16.2. The Balaban J connectivity index is 1.24. The lowest BCUT2D eigenvalue weighted by molar-refractivity contribution is -0.270. The van der Waals surface area contributed by atoms with Crippen LogP contribution in [0.25, 0.3) is 0 Å². The van der Waals surface area contributed by atoms with E-state index in [0.717, 1.165) is 5.56 Å². The summed E-state index contributed by atoms with van der Waals surface area (Å²) in [6, 6.07) is 32.0. The zero-order chi connectivity index (χ0) is 34.4. The number of halogens is 1. The van der Waals surface area contributed by atoms with Gasteiger partial charge in [0.15, 0.2) is 5.78 Å². The summed E-state index contributed by atoms with van der Waals surface area (Å²) in [5.41, 5.74) is 1.19. The lowest BCUT2D eigenvalue weighted by atomic mass is 9.64. The monoisotopic (exact) mass is 677 g/mol. The van der Waals surface area contributed by atoms with Crippen molar-refractivity contribution >= 4 is 29.4 Å². The topological polar surface area (TPSA) is 93.1 Å². The van der Waals surface area contributed by atoms with E-state index in [1.54, 1.807) is 53.4 Å². The van der Waals surface area contributed by atoms with Crippen molar-refractivity contribution in [1.29, 1.82) is 0 Å². The van der Waals surface area contributed by atoms with Crippen LogP contribution in [-0.2, 0) is 38.1 Å². The molecule has 2 heterocycles. The second-order valence-corrected chi connectivity index (χ2v) is 15.0. The molecule has 250 valence electrons. The fourth-order valence-corrected chi connectivity index (χ4v) is 9.42. The molecule has 0 bridgehead atoms. The first-order chi connectivity index (χ1) is 23.6. The van der Waals surface area contributed by atoms with Crippen molar-refractivity contribution in [3.63, 3.8) is 0 Å². The molecule has 7 rings (SSSR count). The SMILES string of the molecule is CC1(C)S[C@H]2N(C(=O)C23CC=C(C(=O)OCc2ccc(F)cc2)C3C(=O)c2ccccc2)[C@H]1C(O)(OCc1ccccc1)c1ccccc1. The number of thioether (sulfide) groups is 1. The highest BCUT2D eigenvalue weighted by Crippen LogP contribution is 2.68. The van der Waals surface area contributed by atoms with Crippen molar-refractivity contribution in [2.45, 2.75) is 55.4 Å². The van der Waals surface area contributed by atoms with Crippen molar-refractivity contribution in [3.05, 3.63) is 155 Å². The number of benzene rings is 4. The first-order valence-corrected chi connectivity index (χ1v) is 17.1. The summed E-state index contributed by atoms with van der Waals surface area (Å²) in [5, 5.41) is 12.1. The third-order valence-corrected chi connectivity index (χ3v) is 11.6. The summed E-state index contributed by atoms with van der Waals surface area (Å²) in [5.74, 6) is -4.80. The number of ether oxygens (including phenoxy) is 2. The molecule has 5 atom stereocenters. The van der Waals surface area contributed by atoms with Gasteiger partial charge in [-0.3, -0.25) is 9.59 Å². The molecule has 2 aliphatic heterocycles. The Morgan fingerprint density at radius 2 is 1.47 bits per heavy atom. The molecule has 0 aromatic heterocycles. The van der Waals surface area contributed by atoms with E-state index < -0.39 is 45.1 Å². The van der Waals surface area contributed by atoms with Gasteiger partial charge in [0.25, 0.3) is 0 Å². The van der Waals surface area contributed by atoms with Crippen LogP contribution in [-0.4, -0.2) is 43.8 Å². The van der Waals surface area contributed by atoms with Crippen molar-refractivity contribution in [2.24, 2.45) is 11.3 Å². The molecule has 3 unspecified atom stereocenters. The average Bonchev–Trinajstić information content (AvgIpc) is 3.67. The van der Waals surface area contributed by atoms with Gasteiger partial charge in [-0.15, -0.1) is 11.8 Å². The van der Waals surface area contributed by atoms with Crippen LogP contribution in [0, 0.1) is 17.2 Å². The van der Waals surface area contributed by atoms with Gasteiger partial charge < -0.3 is 19.5 Å². The maximum atomic E-state index is 14.8. The second kappa shape index (κ2) is 12.7. The minimum Gasteiger partial charge on any atom is -0.457 e. The van der Waals surface area contributed by atoms with E-state index in [-0.39, 0.29) is 36.9 Å². The molecule has 9 heteroatoms. The highest BCUT2D eigenvalue weighted by atomic mass is 32.2. The van der Waals surface area contributed by atoms with Gasteiger partial charge in [-0.2, -0.15) is 0 Å². The number of amides is 1. The van der Waals surface area contributed by atoms with E-state index >= 15 is 0 Å². The molecular weight excluding hydrogens is 642 g/mol. The maximum absolute atomic E-state index is 14.8. The summed E-state index contributed by atoms with van der Waals surface area (Å²) >= 11 is 1.50. The Bertz CT molecular complexity index is 1900. The number of fused-ring (bicyclic) bond motifs is 2. The van der Waals surface area contributed by atoms with Crippen LogP contribution in [0.15, 0.2) is 127 Å². The molecular formula is C40H36FNO6S. The van der Waals surface area contributed by atoms with Crippen LogP contribution in [0.4, 0.5) is 4.39 Å². The number of Topliss-reactive ketones (excluding diaryl/α,β-unsaturated/α-hetero) is 1. The first kappa shape index (κ1) is 33.0. The van der Waals surface area contributed by atoms with Gasteiger partial charge in [0, 0.05) is 21.4 Å². The molecule has 3 aliphatic rings. The number of aliphatic hydroxyl groups is 1. The maximum Gasteiger partial charge on any atom is 0.334 e. The quantitative estimate of drug-likeness (QED) is 0.0854. The minimum atomic E-state index is -1.90. The molecule has 1 amide bonds. The number of nitrogens with zero attached hydrogens (tertiary/aromatic N) is 1. The zero-order valence-electron chi connectivity index (χ0n) is 27.1. The van der Waals surface area contributed by atoms with E-state index in [1.165, 1.54) is 36.0 Å². The van der Waals surface area contributed by atoms with Gasteiger partial charge in [-0.05, 0) is 43.5 Å². The number of ketones is 1.